The number of rotatable bonds is 4. The molecule has 1 aliphatic rings. The van der Waals surface area contributed by atoms with Crippen molar-refractivity contribution in [2.75, 3.05) is 37.7 Å². The average Bonchev–Trinajstić information content (AvgIpc) is 2.44. The van der Waals surface area contributed by atoms with Crippen LogP contribution in [-0.2, 0) is 10.9 Å². The summed E-state index contributed by atoms with van der Waals surface area (Å²) in [4.78, 5) is 5.64. The minimum atomic E-state index is -4.40. The van der Waals surface area contributed by atoms with Crippen molar-refractivity contribution in [1.82, 2.24) is 10.3 Å². The number of likely N-dealkylation sites (N-methyl/N-ethyl adjacent to an activating group) is 1. The molecule has 112 valence electrons. The molecule has 0 aliphatic carbocycles. The van der Waals surface area contributed by atoms with Crippen LogP contribution in [0.4, 0.5) is 19.0 Å². The number of alkyl halides is 3. The van der Waals surface area contributed by atoms with Gasteiger partial charge in [-0.2, -0.15) is 13.2 Å². The molecule has 1 unspecified atom stereocenters. The molecule has 0 amide bonds. The number of pyridine rings is 1. The van der Waals surface area contributed by atoms with E-state index >= 15 is 0 Å². The van der Waals surface area contributed by atoms with Crippen LogP contribution >= 0.6 is 0 Å². The summed E-state index contributed by atoms with van der Waals surface area (Å²) in [6.07, 6.45) is -3.00. The van der Waals surface area contributed by atoms with Crippen LogP contribution in [0.2, 0.25) is 0 Å². The van der Waals surface area contributed by atoms with Crippen molar-refractivity contribution in [3.8, 4) is 0 Å². The molecule has 0 radical (unpaired) electrons. The number of morpholine rings is 1. The van der Waals surface area contributed by atoms with E-state index in [4.69, 9.17) is 4.74 Å². The van der Waals surface area contributed by atoms with E-state index in [-0.39, 0.29) is 11.9 Å². The lowest BCUT2D eigenvalue weighted by Crippen LogP contribution is -2.51. The fourth-order valence-corrected chi connectivity index (χ4v) is 2.26. The molecule has 1 aliphatic heterocycles. The molecule has 0 aromatic carbocycles. The van der Waals surface area contributed by atoms with Gasteiger partial charge in [-0.3, -0.25) is 0 Å². The Hall–Kier alpha value is -1.34. The first-order valence-electron chi connectivity index (χ1n) is 6.61. The molecule has 0 spiro atoms. The predicted octanol–water partition coefficient (Wildman–Crippen LogP) is 1.92. The highest BCUT2D eigenvalue weighted by atomic mass is 19.4. The molecule has 7 heteroatoms. The Kier molecular flexibility index (Phi) is 4.82. The summed E-state index contributed by atoms with van der Waals surface area (Å²) in [5, 5.41) is 3.15. The fraction of sp³-hybridized carbons (Fsp3) is 0.615. The van der Waals surface area contributed by atoms with Crippen LogP contribution in [0.3, 0.4) is 0 Å². The molecular formula is C13H18F3N3O. The van der Waals surface area contributed by atoms with E-state index in [2.05, 4.69) is 10.3 Å². The molecular weight excluding hydrogens is 271 g/mol. The smallest absolute Gasteiger partial charge is 0.377 e. The summed E-state index contributed by atoms with van der Waals surface area (Å²) in [6, 6.07) is 2.24. The minimum Gasteiger partial charge on any atom is -0.377 e. The first-order chi connectivity index (χ1) is 9.54. The Morgan fingerprint density at radius 2 is 2.30 bits per heavy atom. The zero-order valence-corrected chi connectivity index (χ0v) is 11.3. The number of ether oxygens (including phenoxy) is 1. The second-order valence-corrected chi connectivity index (χ2v) is 4.60. The minimum absolute atomic E-state index is 0.00815. The van der Waals surface area contributed by atoms with Crippen LogP contribution in [0.1, 0.15) is 12.5 Å². The van der Waals surface area contributed by atoms with Gasteiger partial charge in [-0.25, -0.2) is 4.98 Å². The summed E-state index contributed by atoms with van der Waals surface area (Å²) >= 11 is 0. The van der Waals surface area contributed by atoms with Gasteiger partial charge < -0.3 is 15.0 Å². The van der Waals surface area contributed by atoms with Crippen LogP contribution in [0.15, 0.2) is 18.3 Å². The number of aromatic nitrogens is 1. The second kappa shape index (κ2) is 6.41. The maximum atomic E-state index is 13.1. The molecule has 2 rings (SSSR count). The summed E-state index contributed by atoms with van der Waals surface area (Å²) in [7, 11) is 0. The normalized spacial score (nSPS) is 20.2. The standard InChI is InChI=1S/C13H18F3N3O/c1-2-17-8-10-9-20-7-6-19(10)12-11(13(14,15)16)4-3-5-18-12/h3-5,10,17H,2,6-9H2,1H3. The Bertz CT molecular complexity index is 439. The SMILES string of the molecule is CCNCC1COCCN1c1ncccc1C(F)(F)F. The maximum absolute atomic E-state index is 13.1. The zero-order valence-electron chi connectivity index (χ0n) is 11.3. The van der Waals surface area contributed by atoms with Gasteiger partial charge in [0.05, 0.1) is 24.8 Å². The van der Waals surface area contributed by atoms with Crippen molar-refractivity contribution in [3.63, 3.8) is 0 Å². The van der Waals surface area contributed by atoms with Crippen molar-refractivity contribution < 1.29 is 17.9 Å². The molecule has 1 aromatic rings. The molecule has 20 heavy (non-hydrogen) atoms. The van der Waals surface area contributed by atoms with Gasteiger partial charge in [0.2, 0.25) is 0 Å². The van der Waals surface area contributed by atoms with Crippen molar-refractivity contribution in [2.45, 2.75) is 19.1 Å². The lowest BCUT2D eigenvalue weighted by Gasteiger charge is -2.37. The molecule has 1 aromatic heterocycles. The Morgan fingerprint density at radius 3 is 3.00 bits per heavy atom. The lowest BCUT2D eigenvalue weighted by molar-refractivity contribution is -0.137. The summed E-state index contributed by atoms with van der Waals surface area (Å²) < 4.78 is 44.6. The van der Waals surface area contributed by atoms with Gasteiger partial charge in [0, 0.05) is 19.3 Å². The van der Waals surface area contributed by atoms with Crippen LogP contribution in [0.25, 0.3) is 0 Å². The number of hydrogen-bond acceptors (Lipinski definition) is 4. The van der Waals surface area contributed by atoms with E-state index in [0.29, 0.717) is 26.3 Å². The highest BCUT2D eigenvalue weighted by molar-refractivity contribution is 5.49. The second-order valence-electron chi connectivity index (χ2n) is 4.60. The third-order valence-electron chi connectivity index (χ3n) is 3.22. The van der Waals surface area contributed by atoms with E-state index in [1.807, 2.05) is 6.92 Å². The Balaban J connectivity index is 2.28. The monoisotopic (exact) mass is 289 g/mol. The fourth-order valence-electron chi connectivity index (χ4n) is 2.26. The number of nitrogens with zero attached hydrogens (tertiary/aromatic N) is 2. The van der Waals surface area contributed by atoms with Gasteiger partial charge in [-0.15, -0.1) is 0 Å². The van der Waals surface area contributed by atoms with Crippen LogP contribution in [0.5, 0.6) is 0 Å². The van der Waals surface area contributed by atoms with Gasteiger partial charge in [0.1, 0.15) is 5.82 Å². The Morgan fingerprint density at radius 1 is 1.50 bits per heavy atom. The molecule has 2 heterocycles. The molecule has 4 nitrogen and oxygen atoms in total. The van der Waals surface area contributed by atoms with E-state index in [0.717, 1.165) is 12.6 Å². The summed E-state index contributed by atoms with van der Waals surface area (Å²) in [5.41, 5.74) is -0.691. The quantitative estimate of drug-likeness (QED) is 0.919. The number of hydrogen-bond donors (Lipinski definition) is 1. The first-order valence-corrected chi connectivity index (χ1v) is 6.61. The molecule has 1 saturated heterocycles. The predicted molar refractivity (Wildman–Crippen MR) is 69.7 cm³/mol. The van der Waals surface area contributed by atoms with Gasteiger partial charge >= 0.3 is 6.18 Å². The van der Waals surface area contributed by atoms with Crippen molar-refractivity contribution in [3.05, 3.63) is 23.9 Å². The van der Waals surface area contributed by atoms with E-state index in [1.165, 1.54) is 12.3 Å². The van der Waals surface area contributed by atoms with Crippen molar-refractivity contribution >= 4 is 5.82 Å². The van der Waals surface area contributed by atoms with Gasteiger partial charge in [-0.05, 0) is 18.7 Å². The van der Waals surface area contributed by atoms with Crippen LogP contribution < -0.4 is 10.2 Å². The van der Waals surface area contributed by atoms with E-state index in [1.54, 1.807) is 4.90 Å². The highest BCUT2D eigenvalue weighted by Crippen LogP contribution is 2.36. The third kappa shape index (κ3) is 3.40. The number of nitrogens with one attached hydrogen (secondary N) is 1. The Labute approximate surface area is 115 Å². The maximum Gasteiger partial charge on any atom is 0.419 e. The third-order valence-corrected chi connectivity index (χ3v) is 3.22. The molecule has 1 atom stereocenters. The molecule has 0 saturated carbocycles. The lowest BCUT2D eigenvalue weighted by atomic mass is 10.1. The first kappa shape index (κ1) is 15.1. The average molecular weight is 289 g/mol. The molecule has 1 fully saturated rings. The topological polar surface area (TPSA) is 37.4 Å². The largest absolute Gasteiger partial charge is 0.419 e. The van der Waals surface area contributed by atoms with Crippen molar-refractivity contribution in [2.24, 2.45) is 0 Å². The van der Waals surface area contributed by atoms with E-state index < -0.39 is 11.7 Å². The zero-order chi connectivity index (χ0) is 14.6. The molecule has 0 bridgehead atoms. The van der Waals surface area contributed by atoms with Crippen LogP contribution in [0, 0.1) is 0 Å². The van der Waals surface area contributed by atoms with Crippen LogP contribution in [-0.4, -0.2) is 43.9 Å². The van der Waals surface area contributed by atoms with Gasteiger partial charge in [0.25, 0.3) is 0 Å². The number of anilines is 1. The highest BCUT2D eigenvalue weighted by Gasteiger charge is 2.37. The number of halogens is 3. The summed E-state index contributed by atoms with van der Waals surface area (Å²) in [5.74, 6) is -0.00815. The molecule has 1 N–H and O–H groups in total. The van der Waals surface area contributed by atoms with Gasteiger partial charge in [0.15, 0.2) is 0 Å². The van der Waals surface area contributed by atoms with E-state index in [9.17, 15) is 13.2 Å². The van der Waals surface area contributed by atoms with Crippen molar-refractivity contribution in [1.29, 1.82) is 0 Å². The summed E-state index contributed by atoms with van der Waals surface area (Å²) in [6.45, 7) is 4.52. The van der Waals surface area contributed by atoms with Gasteiger partial charge in [-0.1, -0.05) is 6.92 Å².